The molecular formula is C29H40N2O. The van der Waals surface area contributed by atoms with Gasteiger partial charge in [0.25, 0.3) is 0 Å². The Labute approximate surface area is 194 Å². The minimum absolute atomic E-state index is 0.0859. The van der Waals surface area contributed by atoms with Gasteiger partial charge in [-0.3, -0.25) is 4.79 Å². The van der Waals surface area contributed by atoms with Crippen LogP contribution in [0.2, 0.25) is 0 Å². The molecule has 32 heavy (non-hydrogen) atoms. The molecule has 0 aromatic heterocycles. The van der Waals surface area contributed by atoms with Crippen molar-refractivity contribution in [3.8, 4) is 0 Å². The quantitative estimate of drug-likeness (QED) is 0.490. The Kier molecular flexibility index (Phi) is 7.89. The highest BCUT2D eigenvalue weighted by Crippen LogP contribution is 2.41. The monoisotopic (exact) mass is 432 g/mol. The molecule has 0 atom stereocenters. The lowest BCUT2D eigenvalue weighted by Crippen LogP contribution is -2.49. The summed E-state index contributed by atoms with van der Waals surface area (Å²) in [4.78, 5) is 15.3. The van der Waals surface area contributed by atoms with Crippen LogP contribution in [0.5, 0.6) is 0 Å². The van der Waals surface area contributed by atoms with Gasteiger partial charge in [0.05, 0.1) is 0 Å². The Balaban J connectivity index is 1.37. The van der Waals surface area contributed by atoms with Gasteiger partial charge < -0.3 is 10.2 Å². The summed E-state index contributed by atoms with van der Waals surface area (Å²) in [7, 11) is 0. The van der Waals surface area contributed by atoms with E-state index in [9.17, 15) is 4.79 Å². The summed E-state index contributed by atoms with van der Waals surface area (Å²) in [6, 6.07) is 10.8. The molecule has 1 amide bonds. The average Bonchev–Trinajstić information content (AvgIpc) is 2.88. The summed E-state index contributed by atoms with van der Waals surface area (Å²) in [6.07, 6.45) is 19.2. The lowest BCUT2D eigenvalue weighted by molar-refractivity contribution is -0.138. The summed E-state index contributed by atoms with van der Waals surface area (Å²) in [6.45, 7) is 7.16. The Morgan fingerprint density at radius 2 is 1.84 bits per heavy atom. The molecule has 0 radical (unpaired) electrons. The normalized spacial score (nSPS) is 21.1. The first kappa shape index (κ1) is 22.9. The third kappa shape index (κ3) is 5.36. The van der Waals surface area contributed by atoms with Crippen LogP contribution in [0.1, 0.15) is 76.2 Å². The number of amides is 1. The van der Waals surface area contributed by atoms with Crippen molar-refractivity contribution in [3.63, 3.8) is 0 Å². The molecule has 1 heterocycles. The van der Waals surface area contributed by atoms with Crippen LogP contribution in [0.4, 0.5) is 0 Å². The molecule has 172 valence electrons. The molecule has 1 aliphatic heterocycles. The SMILES string of the molecule is C=C(NCCCC1=CC=CCC1)C1(c2ccccc2)CCN(C(=O)C2CCCCC2)CC1. The molecule has 1 N–H and O–H groups in total. The van der Waals surface area contributed by atoms with Crippen LogP contribution in [-0.2, 0) is 10.2 Å². The molecule has 1 aromatic carbocycles. The van der Waals surface area contributed by atoms with Crippen LogP contribution in [0.25, 0.3) is 0 Å². The van der Waals surface area contributed by atoms with Crippen molar-refractivity contribution < 1.29 is 4.79 Å². The summed E-state index contributed by atoms with van der Waals surface area (Å²) >= 11 is 0. The van der Waals surface area contributed by atoms with E-state index >= 15 is 0 Å². The number of likely N-dealkylation sites (tertiary alicyclic amines) is 1. The zero-order valence-electron chi connectivity index (χ0n) is 19.7. The van der Waals surface area contributed by atoms with Gasteiger partial charge in [-0.2, -0.15) is 0 Å². The second-order valence-corrected chi connectivity index (χ2v) is 9.91. The van der Waals surface area contributed by atoms with Gasteiger partial charge in [0.15, 0.2) is 0 Å². The molecule has 1 saturated carbocycles. The van der Waals surface area contributed by atoms with Crippen molar-refractivity contribution >= 4 is 5.91 Å². The summed E-state index contributed by atoms with van der Waals surface area (Å²) < 4.78 is 0. The smallest absolute Gasteiger partial charge is 0.225 e. The molecule has 1 aromatic rings. The largest absolute Gasteiger partial charge is 0.388 e. The van der Waals surface area contributed by atoms with Crippen LogP contribution in [0.15, 0.2) is 66.4 Å². The Bertz CT molecular complexity index is 824. The topological polar surface area (TPSA) is 32.3 Å². The maximum atomic E-state index is 13.1. The molecule has 0 unspecified atom stereocenters. The minimum atomic E-state index is -0.0859. The number of rotatable bonds is 8. The average molecular weight is 433 g/mol. The van der Waals surface area contributed by atoms with E-state index in [2.05, 4.69) is 65.4 Å². The lowest BCUT2D eigenvalue weighted by atomic mass is 9.70. The van der Waals surface area contributed by atoms with Crippen molar-refractivity contribution in [2.45, 2.75) is 76.0 Å². The first-order valence-corrected chi connectivity index (χ1v) is 12.8. The van der Waals surface area contributed by atoms with Crippen molar-refractivity contribution in [2.75, 3.05) is 19.6 Å². The zero-order valence-corrected chi connectivity index (χ0v) is 19.7. The predicted octanol–water partition coefficient (Wildman–Crippen LogP) is 6.29. The van der Waals surface area contributed by atoms with E-state index in [1.54, 1.807) is 5.57 Å². The summed E-state index contributed by atoms with van der Waals surface area (Å²) in [5, 5.41) is 3.70. The van der Waals surface area contributed by atoms with Gasteiger partial charge in [-0.1, -0.05) is 80.0 Å². The molecule has 0 spiro atoms. The van der Waals surface area contributed by atoms with E-state index in [1.165, 1.54) is 37.7 Å². The van der Waals surface area contributed by atoms with Gasteiger partial charge >= 0.3 is 0 Å². The molecular weight excluding hydrogens is 392 g/mol. The van der Waals surface area contributed by atoms with E-state index in [0.717, 1.165) is 63.9 Å². The molecule has 0 bridgehead atoms. The van der Waals surface area contributed by atoms with Gasteiger partial charge in [-0.25, -0.2) is 0 Å². The summed E-state index contributed by atoms with van der Waals surface area (Å²) in [5.74, 6) is 0.665. The fraction of sp³-hybridized carbons (Fsp3) is 0.552. The third-order valence-corrected chi connectivity index (χ3v) is 7.90. The van der Waals surface area contributed by atoms with Crippen LogP contribution < -0.4 is 5.32 Å². The number of hydrogen-bond donors (Lipinski definition) is 1. The molecule has 2 aliphatic carbocycles. The van der Waals surface area contributed by atoms with Crippen LogP contribution >= 0.6 is 0 Å². The molecule has 3 aliphatic rings. The maximum Gasteiger partial charge on any atom is 0.225 e. The van der Waals surface area contributed by atoms with E-state index in [1.807, 2.05) is 0 Å². The number of piperidine rings is 1. The molecule has 3 nitrogen and oxygen atoms in total. The highest BCUT2D eigenvalue weighted by Gasteiger charge is 2.40. The highest BCUT2D eigenvalue weighted by molar-refractivity contribution is 5.79. The molecule has 4 rings (SSSR count). The van der Waals surface area contributed by atoms with Crippen molar-refractivity contribution in [1.29, 1.82) is 0 Å². The molecule has 3 heteroatoms. The number of carbonyl (C=O) groups is 1. The fourth-order valence-corrected chi connectivity index (χ4v) is 5.82. The Hall–Kier alpha value is -2.29. The highest BCUT2D eigenvalue weighted by atomic mass is 16.2. The van der Waals surface area contributed by atoms with Gasteiger partial charge in [0.2, 0.25) is 5.91 Å². The Morgan fingerprint density at radius 1 is 1.09 bits per heavy atom. The second kappa shape index (κ2) is 11.0. The summed E-state index contributed by atoms with van der Waals surface area (Å²) in [5.41, 5.74) is 3.94. The molecule has 1 saturated heterocycles. The number of nitrogens with zero attached hydrogens (tertiary/aromatic N) is 1. The van der Waals surface area contributed by atoms with Gasteiger partial charge in [0, 0.05) is 36.7 Å². The van der Waals surface area contributed by atoms with Crippen molar-refractivity contribution in [1.82, 2.24) is 10.2 Å². The van der Waals surface area contributed by atoms with Crippen molar-refractivity contribution in [3.05, 3.63) is 72.0 Å². The van der Waals surface area contributed by atoms with Crippen molar-refractivity contribution in [2.24, 2.45) is 5.92 Å². The van der Waals surface area contributed by atoms with Crippen LogP contribution in [-0.4, -0.2) is 30.4 Å². The zero-order chi connectivity index (χ0) is 22.2. The first-order chi connectivity index (χ1) is 15.7. The fourth-order valence-electron chi connectivity index (χ4n) is 5.82. The number of hydrogen-bond acceptors (Lipinski definition) is 2. The van der Waals surface area contributed by atoms with Gasteiger partial charge in [0.1, 0.15) is 0 Å². The standard InChI is InChI=1S/C29H40N2O/c1-24(30-21-11-14-25-12-5-2-6-13-25)29(27-17-9-4-10-18-27)19-22-31(23-20-29)28(32)26-15-7-3-8-16-26/h2,4-5,9-10,12,17-18,26,30H,1,3,6-8,11,13-16,19-23H2. The van der Waals surface area contributed by atoms with E-state index in [0.29, 0.717) is 5.91 Å². The van der Waals surface area contributed by atoms with Gasteiger partial charge in [-0.05, 0) is 56.9 Å². The van der Waals surface area contributed by atoms with Crippen LogP contribution in [0, 0.1) is 5.92 Å². The number of benzene rings is 1. The first-order valence-electron chi connectivity index (χ1n) is 12.8. The lowest BCUT2D eigenvalue weighted by Gasteiger charge is -2.44. The van der Waals surface area contributed by atoms with Crippen LogP contribution in [0.3, 0.4) is 0 Å². The van der Waals surface area contributed by atoms with E-state index in [4.69, 9.17) is 0 Å². The Morgan fingerprint density at radius 3 is 2.53 bits per heavy atom. The molecule has 2 fully saturated rings. The third-order valence-electron chi connectivity index (χ3n) is 7.90. The maximum absolute atomic E-state index is 13.1. The number of carbonyl (C=O) groups excluding carboxylic acids is 1. The predicted molar refractivity (Wildman–Crippen MR) is 133 cm³/mol. The minimum Gasteiger partial charge on any atom is -0.388 e. The van der Waals surface area contributed by atoms with E-state index in [-0.39, 0.29) is 11.3 Å². The van der Waals surface area contributed by atoms with Gasteiger partial charge in [-0.15, -0.1) is 0 Å². The number of nitrogens with one attached hydrogen (secondary N) is 1. The second-order valence-electron chi connectivity index (χ2n) is 9.91. The van der Waals surface area contributed by atoms with E-state index < -0.39 is 0 Å². The number of allylic oxidation sites excluding steroid dienone is 5.